The number of hydrogen-bond donors (Lipinski definition) is 0. The summed E-state index contributed by atoms with van der Waals surface area (Å²) in [5, 5.41) is 10.9. The summed E-state index contributed by atoms with van der Waals surface area (Å²) in [6.45, 7) is 1.51. The largest absolute Gasteiger partial charge is 0.452 e. The summed E-state index contributed by atoms with van der Waals surface area (Å²) < 4.78 is 28.0. The number of nitro benzene ring substituents is 1. The molecule has 1 aromatic rings. The maximum atomic E-state index is 12.2. The highest BCUT2D eigenvalue weighted by molar-refractivity contribution is 7.91. The summed E-state index contributed by atoms with van der Waals surface area (Å²) in [6.07, 6.45) is 2.62. The monoisotopic (exact) mass is 396 g/mol. The number of carbonyl (C=O) groups is 2. The van der Waals surface area contributed by atoms with Gasteiger partial charge in [-0.1, -0.05) is 12.1 Å². The first-order valence-corrected chi connectivity index (χ1v) is 10.1. The Kier molecular flexibility index (Phi) is 6.67. The molecule has 0 aromatic heterocycles. The molecule has 27 heavy (non-hydrogen) atoms. The standard InChI is InChI=1S/C17H20N2O7S/c1-2-18(14-9-10-27(24,25)12-14)16(20)11-26-17(21)8-7-13-5-3-4-6-15(13)19(22)23/h3-8,14H,2,9-12H2,1H3/b8-7+/t14-/m0/s1. The second kappa shape index (κ2) is 8.76. The van der Waals surface area contributed by atoms with Gasteiger partial charge in [0.1, 0.15) is 0 Å². The van der Waals surface area contributed by atoms with Crippen molar-refractivity contribution in [3.8, 4) is 0 Å². The molecule has 2 rings (SSSR count). The van der Waals surface area contributed by atoms with Crippen LogP contribution in [0.5, 0.6) is 0 Å². The lowest BCUT2D eigenvalue weighted by Gasteiger charge is -2.26. The van der Waals surface area contributed by atoms with Gasteiger partial charge >= 0.3 is 5.97 Å². The van der Waals surface area contributed by atoms with Crippen LogP contribution in [0.25, 0.3) is 6.08 Å². The van der Waals surface area contributed by atoms with Gasteiger partial charge in [-0.3, -0.25) is 14.9 Å². The molecular weight excluding hydrogens is 376 g/mol. The van der Waals surface area contributed by atoms with E-state index >= 15 is 0 Å². The summed E-state index contributed by atoms with van der Waals surface area (Å²) in [5.74, 6) is -1.35. The highest BCUT2D eigenvalue weighted by Gasteiger charge is 2.34. The Bertz CT molecular complexity index is 864. The molecule has 1 fully saturated rings. The van der Waals surface area contributed by atoms with Gasteiger partial charge < -0.3 is 9.64 Å². The van der Waals surface area contributed by atoms with Crippen LogP contribution in [-0.4, -0.2) is 60.8 Å². The average molecular weight is 396 g/mol. The van der Waals surface area contributed by atoms with Gasteiger partial charge in [0.2, 0.25) is 0 Å². The first kappa shape index (κ1) is 20.6. The fraction of sp³-hybridized carbons (Fsp3) is 0.412. The number of para-hydroxylation sites is 1. The van der Waals surface area contributed by atoms with Gasteiger partial charge in [0.15, 0.2) is 16.4 Å². The fourth-order valence-electron chi connectivity index (χ4n) is 2.88. The van der Waals surface area contributed by atoms with E-state index in [4.69, 9.17) is 4.74 Å². The van der Waals surface area contributed by atoms with Crippen LogP contribution < -0.4 is 0 Å². The van der Waals surface area contributed by atoms with Crippen molar-refractivity contribution in [3.05, 3.63) is 46.0 Å². The number of nitro groups is 1. The average Bonchev–Trinajstić information content (AvgIpc) is 2.98. The number of benzene rings is 1. The van der Waals surface area contributed by atoms with Crippen molar-refractivity contribution in [1.82, 2.24) is 4.90 Å². The van der Waals surface area contributed by atoms with E-state index < -0.39 is 39.3 Å². The molecule has 0 unspecified atom stereocenters. The minimum absolute atomic E-state index is 0.0415. The second-order valence-electron chi connectivity index (χ2n) is 5.99. The van der Waals surface area contributed by atoms with Gasteiger partial charge in [-0.15, -0.1) is 0 Å². The number of likely N-dealkylation sites (N-methyl/N-ethyl adjacent to an activating group) is 1. The van der Waals surface area contributed by atoms with Crippen molar-refractivity contribution in [2.45, 2.75) is 19.4 Å². The summed E-state index contributed by atoms with van der Waals surface area (Å²) >= 11 is 0. The summed E-state index contributed by atoms with van der Waals surface area (Å²) in [5.41, 5.74) is 0.0781. The Morgan fingerprint density at radius 2 is 2.07 bits per heavy atom. The van der Waals surface area contributed by atoms with Crippen LogP contribution in [0.3, 0.4) is 0 Å². The second-order valence-corrected chi connectivity index (χ2v) is 8.22. The van der Waals surface area contributed by atoms with E-state index in [1.54, 1.807) is 13.0 Å². The third-order valence-electron chi connectivity index (χ3n) is 4.18. The number of hydrogen-bond acceptors (Lipinski definition) is 7. The van der Waals surface area contributed by atoms with Gasteiger partial charge in [0.25, 0.3) is 11.6 Å². The molecule has 1 amide bonds. The first-order valence-electron chi connectivity index (χ1n) is 8.31. The van der Waals surface area contributed by atoms with Crippen LogP contribution in [0.1, 0.15) is 18.9 Å². The van der Waals surface area contributed by atoms with Crippen molar-refractivity contribution >= 4 is 33.5 Å². The van der Waals surface area contributed by atoms with E-state index in [1.807, 2.05) is 0 Å². The van der Waals surface area contributed by atoms with E-state index in [-0.39, 0.29) is 22.8 Å². The Morgan fingerprint density at radius 3 is 2.67 bits per heavy atom. The van der Waals surface area contributed by atoms with E-state index in [1.165, 1.54) is 29.2 Å². The Balaban J connectivity index is 1.93. The third kappa shape index (κ3) is 5.61. The van der Waals surface area contributed by atoms with Gasteiger partial charge in [-0.05, 0) is 25.5 Å². The molecular formula is C17H20N2O7S. The van der Waals surface area contributed by atoms with Crippen LogP contribution in [-0.2, 0) is 24.2 Å². The quantitative estimate of drug-likeness (QED) is 0.293. The van der Waals surface area contributed by atoms with Gasteiger partial charge in [-0.2, -0.15) is 0 Å². The molecule has 146 valence electrons. The van der Waals surface area contributed by atoms with Gasteiger partial charge in [0.05, 0.1) is 22.0 Å². The zero-order chi connectivity index (χ0) is 20.0. The van der Waals surface area contributed by atoms with Crippen LogP contribution in [0, 0.1) is 10.1 Å². The zero-order valence-electron chi connectivity index (χ0n) is 14.7. The molecule has 1 atom stereocenters. The Morgan fingerprint density at radius 1 is 1.37 bits per heavy atom. The minimum Gasteiger partial charge on any atom is -0.452 e. The van der Waals surface area contributed by atoms with Crippen molar-refractivity contribution in [2.75, 3.05) is 24.7 Å². The Labute approximate surface area is 156 Å². The van der Waals surface area contributed by atoms with Gasteiger partial charge in [0, 0.05) is 24.7 Å². The lowest BCUT2D eigenvalue weighted by molar-refractivity contribution is -0.385. The highest BCUT2D eigenvalue weighted by atomic mass is 32.2. The van der Waals surface area contributed by atoms with Crippen LogP contribution in [0.4, 0.5) is 5.69 Å². The van der Waals surface area contributed by atoms with E-state index in [0.29, 0.717) is 13.0 Å². The molecule has 9 nitrogen and oxygen atoms in total. The number of nitrogens with zero attached hydrogens (tertiary/aromatic N) is 2. The minimum atomic E-state index is -3.13. The molecule has 0 saturated carbocycles. The van der Waals surface area contributed by atoms with Crippen LogP contribution in [0.15, 0.2) is 30.3 Å². The van der Waals surface area contributed by atoms with E-state index in [9.17, 15) is 28.1 Å². The fourth-order valence-corrected chi connectivity index (χ4v) is 4.61. The maximum absolute atomic E-state index is 12.2. The number of carbonyl (C=O) groups excluding carboxylic acids is 2. The number of sulfone groups is 1. The molecule has 10 heteroatoms. The molecule has 1 aromatic carbocycles. The van der Waals surface area contributed by atoms with E-state index in [0.717, 1.165) is 6.08 Å². The molecule has 0 aliphatic carbocycles. The third-order valence-corrected chi connectivity index (χ3v) is 5.93. The molecule has 1 aliphatic heterocycles. The van der Waals surface area contributed by atoms with Crippen molar-refractivity contribution in [2.24, 2.45) is 0 Å². The molecule has 0 radical (unpaired) electrons. The summed E-state index contributed by atoms with van der Waals surface area (Å²) in [4.78, 5) is 35.8. The number of amides is 1. The summed E-state index contributed by atoms with van der Waals surface area (Å²) in [6, 6.07) is 5.48. The molecule has 1 heterocycles. The van der Waals surface area contributed by atoms with Gasteiger partial charge in [-0.25, -0.2) is 13.2 Å². The predicted molar refractivity (Wildman–Crippen MR) is 97.5 cm³/mol. The van der Waals surface area contributed by atoms with Crippen molar-refractivity contribution < 1.29 is 27.7 Å². The van der Waals surface area contributed by atoms with E-state index in [2.05, 4.69) is 0 Å². The maximum Gasteiger partial charge on any atom is 0.331 e. The lowest BCUT2D eigenvalue weighted by atomic mass is 10.1. The number of rotatable bonds is 7. The smallest absolute Gasteiger partial charge is 0.331 e. The molecule has 1 aliphatic rings. The predicted octanol–water partition coefficient (Wildman–Crippen LogP) is 1.19. The number of esters is 1. The normalized spacial score (nSPS) is 18.3. The Hall–Kier alpha value is -2.75. The first-order chi connectivity index (χ1) is 12.7. The van der Waals surface area contributed by atoms with Crippen molar-refractivity contribution in [3.63, 3.8) is 0 Å². The molecule has 0 bridgehead atoms. The van der Waals surface area contributed by atoms with Crippen LogP contribution >= 0.6 is 0 Å². The molecule has 0 spiro atoms. The van der Waals surface area contributed by atoms with Crippen LogP contribution in [0.2, 0.25) is 0 Å². The molecule has 1 saturated heterocycles. The number of ether oxygens (including phenoxy) is 1. The topological polar surface area (TPSA) is 124 Å². The SMILES string of the molecule is CCN(C(=O)COC(=O)/C=C/c1ccccc1[N+](=O)[O-])[C@H]1CCS(=O)(=O)C1. The lowest BCUT2D eigenvalue weighted by Crippen LogP contribution is -2.43. The highest BCUT2D eigenvalue weighted by Crippen LogP contribution is 2.19. The zero-order valence-corrected chi connectivity index (χ0v) is 15.6. The summed E-state index contributed by atoms with van der Waals surface area (Å²) in [7, 11) is -3.13. The molecule has 0 N–H and O–H groups in total. The van der Waals surface area contributed by atoms with Crippen molar-refractivity contribution in [1.29, 1.82) is 0 Å².